The molecule has 2 aromatic heterocycles. The summed E-state index contributed by atoms with van der Waals surface area (Å²) in [5.74, 6) is -0.382. The minimum atomic E-state index is -0.382. The molecule has 2 aromatic rings. The number of rotatable bonds is 5. The molecule has 0 aromatic carbocycles. The van der Waals surface area contributed by atoms with Gasteiger partial charge in [-0.25, -0.2) is 9.78 Å². The van der Waals surface area contributed by atoms with Crippen molar-refractivity contribution in [3.05, 3.63) is 39.8 Å². The quantitative estimate of drug-likeness (QED) is 0.798. The number of methoxy groups -OCH3 is 1. The van der Waals surface area contributed by atoms with Gasteiger partial charge in [0.25, 0.3) is 5.91 Å². The Morgan fingerprint density at radius 1 is 1.21 bits per heavy atom. The Hall–Kier alpha value is -2.94. The van der Waals surface area contributed by atoms with Gasteiger partial charge in [0.2, 0.25) is 5.43 Å². The molecule has 0 spiro atoms. The summed E-state index contributed by atoms with van der Waals surface area (Å²) >= 11 is 0. The smallest absolute Gasteiger partial charge is 0.409 e. The zero-order valence-corrected chi connectivity index (χ0v) is 17.1. The summed E-state index contributed by atoms with van der Waals surface area (Å²) in [6.07, 6.45) is 1.27. The summed E-state index contributed by atoms with van der Waals surface area (Å²) in [7, 11) is 1.38. The summed E-state index contributed by atoms with van der Waals surface area (Å²) in [4.78, 5) is 45.2. The lowest BCUT2D eigenvalue weighted by Crippen LogP contribution is -2.50. The number of carbonyl (C=O) groups excluding carboxylic acids is 2. The number of aryl methyl sites for hydroxylation is 2. The van der Waals surface area contributed by atoms with Crippen LogP contribution in [0.3, 0.4) is 0 Å². The molecule has 1 fully saturated rings. The summed E-state index contributed by atoms with van der Waals surface area (Å²) < 4.78 is 6.55. The molecular formula is C20H27N5O4. The number of amides is 2. The van der Waals surface area contributed by atoms with Crippen LogP contribution in [0.5, 0.6) is 0 Å². The van der Waals surface area contributed by atoms with Crippen molar-refractivity contribution in [1.82, 2.24) is 24.7 Å². The van der Waals surface area contributed by atoms with Gasteiger partial charge in [-0.1, -0.05) is 0 Å². The molecular weight excluding hydrogens is 374 g/mol. The Morgan fingerprint density at radius 2 is 1.93 bits per heavy atom. The monoisotopic (exact) mass is 401 g/mol. The first-order valence-electron chi connectivity index (χ1n) is 9.78. The van der Waals surface area contributed by atoms with Crippen molar-refractivity contribution in [3.63, 3.8) is 0 Å². The minimum absolute atomic E-state index is 0.125. The van der Waals surface area contributed by atoms with Crippen LogP contribution < -0.4 is 10.7 Å². The SMILES string of the molecule is CCn1cc(C(=O)NCCN2CCN(C(=O)OC)CC2)c(=O)c2ccc(C)nc21. The van der Waals surface area contributed by atoms with Crippen LogP contribution in [-0.2, 0) is 11.3 Å². The molecule has 0 unspecified atom stereocenters. The van der Waals surface area contributed by atoms with E-state index in [9.17, 15) is 14.4 Å². The number of nitrogens with one attached hydrogen (secondary N) is 1. The lowest BCUT2D eigenvalue weighted by molar-refractivity contribution is 0.0884. The van der Waals surface area contributed by atoms with Crippen molar-refractivity contribution >= 4 is 23.0 Å². The third kappa shape index (κ3) is 4.56. The van der Waals surface area contributed by atoms with Crippen LogP contribution in [0.25, 0.3) is 11.0 Å². The van der Waals surface area contributed by atoms with Gasteiger partial charge in [-0.05, 0) is 26.0 Å². The Morgan fingerprint density at radius 3 is 2.59 bits per heavy atom. The van der Waals surface area contributed by atoms with Crippen LogP contribution in [0, 0.1) is 6.92 Å². The second-order valence-electron chi connectivity index (χ2n) is 7.04. The van der Waals surface area contributed by atoms with E-state index in [2.05, 4.69) is 15.2 Å². The second kappa shape index (κ2) is 9.04. The first kappa shape index (κ1) is 20.8. The summed E-state index contributed by atoms with van der Waals surface area (Å²) in [6, 6.07) is 3.50. The van der Waals surface area contributed by atoms with E-state index in [1.165, 1.54) is 7.11 Å². The lowest BCUT2D eigenvalue weighted by atomic mass is 10.1. The number of nitrogens with zero attached hydrogens (tertiary/aromatic N) is 4. The normalized spacial score (nSPS) is 14.8. The fourth-order valence-corrected chi connectivity index (χ4v) is 3.47. The number of hydrogen-bond donors (Lipinski definition) is 1. The van der Waals surface area contributed by atoms with E-state index < -0.39 is 0 Å². The number of hydrogen-bond acceptors (Lipinski definition) is 6. The Balaban J connectivity index is 1.62. The number of piperazine rings is 1. The average Bonchev–Trinajstić information content (AvgIpc) is 2.73. The van der Waals surface area contributed by atoms with Crippen molar-refractivity contribution in [2.75, 3.05) is 46.4 Å². The third-order valence-corrected chi connectivity index (χ3v) is 5.16. The van der Waals surface area contributed by atoms with E-state index in [4.69, 9.17) is 4.74 Å². The van der Waals surface area contributed by atoms with E-state index in [1.54, 1.807) is 23.2 Å². The fourth-order valence-electron chi connectivity index (χ4n) is 3.47. The molecule has 2 amide bonds. The van der Waals surface area contributed by atoms with Crippen molar-refractivity contribution in [1.29, 1.82) is 0 Å². The van der Waals surface area contributed by atoms with Crippen molar-refractivity contribution in [3.8, 4) is 0 Å². The topological polar surface area (TPSA) is 96.8 Å². The highest BCUT2D eigenvalue weighted by atomic mass is 16.5. The summed E-state index contributed by atoms with van der Waals surface area (Å²) in [5, 5.41) is 3.29. The van der Waals surface area contributed by atoms with Gasteiger partial charge in [-0.2, -0.15) is 0 Å². The molecule has 29 heavy (non-hydrogen) atoms. The maximum Gasteiger partial charge on any atom is 0.409 e. The van der Waals surface area contributed by atoms with Crippen LogP contribution in [0.2, 0.25) is 0 Å². The van der Waals surface area contributed by atoms with Gasteiger partial charge in [0.1, 0.15) is 11.2 Å². The molecule has 3 heterocycles. The number of aromatic nitrogens is 2. The standard InChI is InChI=1S/C20H27N5O4/c1-4-24-13-16(17(26)15-6-5-14(2)22-18(15)24)19(27)21-7-8-23-9-11-25(12-10-23)20(28)29-3/h5-6,13H,4,7-12H2,1-3H3,(H,21,27). The Kier molecular flexibility index (Phi) is 6.48. The van der Waals surface area contributed by atoms with Crippen LogP contribution in [0.4, 0.5) is 4.79 Å². The Bertz CT molecular complexity index is 963. The van der Waals surface area contributed by atoms with Crippen LogP contribution in [-0.4, -0.2) is 77.7 Å². The molecule has 9 nitrogen and oxygen atoms in total. The van der Waals surface area contributed by atoms with Crippen LogP contribution in [0.15, 0.2) is 23.1 Å². The molecule has 156 valence electrons. The molecule has 9 heteroatoms. The van der Waals surface area contributed by atoms with Crippen molar-refractivity contribution in [2.45, 2.75) is 20.4 Å². The van der Waals surface area contributed by atoms with Gasteiger partial charge in [0.05, 0.1) is 12.5 Å². The number of carbonyl (C=O) groups is 2. The molecule has 0 aliphatic carbocycles. The van der Waals surface area contributed by atoms with E-state index in [0.29, 0.717) is 56.8 Å². The maximum atomic E-state index is 12.8. The molecule has 1 aliphatic rings. The molecule has 1 N–H and O–H groups in total. The van der Waals surface area contributed by atoms with Crippen LogP contribution in [0.1, 0.15) is 23.0 Å². The largest absolute Gasteiger partial charge is 0.453 e. The predicted octanol–water partition coefficient (Wildman–Crippen LogP) is 0.839. The maximum absolute atomic E-state index is 12.8. The zero-order chi connectivity index (χ0) is 21.0. The molecule has 0 saturated carbocycles. The zero-order valence-electron chi connectivity index (χ0n) is 17.1. The highest BCUT2D eigenvalue weighted by Crippen LogP contribution is 2.11. The third-order valence-electron chi connectivity index (χ3n) is 5.16. The molecule has 0 radical (unpaired) electrons. The molecule has 1 saturated heterocycles. The van der Waals surface area contributed by atoms with E-state index in [0.717, 1.165) is 5.69 Å². The van der Waals surface area contributed by atoms with Gasteiger partial charge >= 0.3 is 6.09 Å². The average molecular weight is 401 g/mol. The molecule has 0 bridgehead atoms. The van der Waals surface area contributed by atoms with E-state index in [-0.39, 0.29) is 23.0 Å². The highest BCUT2D eigenvalue weighted by Gasteiger charge is 2.21. The second-order valence-corrected chi connectivity index (χ2v) is 7.04. The molecule has 1 aliphatic heterocycles. The first-order chi connectivity index (χ1) is 13.9. The van der Waals surface area contributed by atoms with Crippen molar-refractivity contribution in [2.24, 2.45) is 0 Å². The number of ether oxygens (including phenoxy) is 1. The van der Waals surface area contributed by atoms with Crippen molar-refractivity contribution < 1.29 is 14.3 Å². The van der Waals surface area contributed by atoms with Gasteiger partial charge < -0.3 is 19.5 Å². The summed E-state index contributed by atoms with van der Waals surface area (Å²) in [6.45, 7) is 8.13. The predicted molar refractivity (Wildman–Crippen MR) is 109 cm³/mol. The number of pyridine rings is 2. The lowest BCUT2D eigenvalue weighted by Gasteiger charge is -2.33. The van der Waals surface area contributed by atoms with Gasteiger partial charge in [-0.15, -0.1) is 0 Å². The van der Waals surface area contributed by atoms with Gasteiger partial charge in [0, 0.05) is 57.7 Å². The van der Waals surface area contributed by atoms with E-state index >= 15 is 0 Å². The molecule has 0 atom stereocenters. The molecule has 3 rings (SSSR count). The van der Waals surface area contributed by atoms with Gasteiger partial charge in [-0.3, -0.25) is 14.5 Å². The summed E-state index contributed by atoms with van der Waals surface area (Å²) in [5.41, 5.74) is 1.24. The highest BCUT2D eigenvalue weighted by molar-refractivity contribution is 5.96. The van der Waals surface area contributed by atoms with Crippen LogP contribution >= 0.6 is 0 Å². The van der Waals surface area contributed by atoms with E-state index in [1.807, 2.05) is 18.4 Å². The fraction of sp³-hybridized carbons (Fsp3) is 0.500. The first-order valence-corrected chi connectivity index (χ1v) is 9.78. The Labute approximate surface area is 169 Å². The van der Waals surface area contributed by atoms with Gasteiger partial charge in [0.15, 0.2) is 0 Å². The number of fused-ring (bicyclic) bond motifs is 1. The minimum Gasteiger partial charge on any atom is -0.453 e.